The summed E-state index contributed by atoms with van der Waals surface area (Å²) in [5.41, 5.74) is 2.20. The molecular formula is C27H29N7O6. The number of nitrogens with zero attached hydrogens (tertiary/aromatic N) is 7. The number of fused-ring (bicyclic) bond motifs is 2. The number of hydrogen-bond acceptors (Lipinski definition) is 10. The van der Waals surface area contributed by atoms with E-state index in [1.54, 1.807) is 30.3 Å². The van der Waals surface area contributed by atoms with E-state index in [-0.39, 0.29) is 39.9 Å². The van der Waals surface area contributed by atoms with Crippen LogP contribution in [0.1, 0.15) is 38.5 Å². The van der Waals surface area contributed by atoms with Gasteiger partial charge in [-0.3, -0.25) is 24.6 Å². The van der Waals surface area contributed by atoms with Crippen LogP contribution in [0.25, 0.3) is 0 Å². The van der Waals surface area contributed by atoms with Crippen LogP contribution in [0.4, 0.5) is 17.1 Å². The van der Waals surface area contributed by atoms with E-state index in [1.807, 2.05) is 17.0 Å². The summed E-state index contributed by atoms with van der Waals surface area (Å²) < 4.78 is 6.67. The minimum absolute atomic E-state index is 0.0535. The van der Waals surface area contributed by atoms with Crippen molar-refractivity contribution in [2.24, 2.45) is 0 Å². The van der Waals surface area contributed by atoms with Crippen molar-refractivity contribution in [2.75, 3.05) is 68.8 Å². The average molecular weight is 548 g/mol. The number of benzene rings is 2. The minimum atomic E-state index is -0.410. The lowest BCUT2D eigenvalue weighted by Crippen LogP contribution is -2.47. The van der Waals surface area contributed by atoms with Gasteiger partial charge in [0.2, 0.25) is 17.3 Å². The van der Waals surface area contributed by atoms with Crippen LogP contribution < -0.4 is 14.8 Å². The minimum Gasteiger partial charge on any atom is -0.571 e. The van der Waals surface area contributed by atoms with Gasteiger partial charge in [-0.2, -0.15) is 0 Å². The van der Waals surface area contributed by atoms with Crippen LogP contribution in [0, 0.1) is 15.3 Å². The zero-order valence-corrected chi connectivity index (χ0v) is 21.9. The third-order valence-corrected chi connectivity index (χ3v) is 7.81. The Labute approximate surface area is 229 Å². The van der Waals surface area contributed by atoms with E-state index in [4.69, 9.17) is 4.74 Å². The molecule has 0 atom stereocenters. The maximum Gasteiger partial charge on any atom is 0.292 e. The lowest BCUT2D eigenvalue weighted by molar-refractivity contribution is -0.749. The number of carbonyl (C=O) groups excluding carboxylic acids is 2. The molecule has 0 bridgehead atoms. The van der Waals surface area contributed by atoms with Crippen LogP contribution in [0.5, 0.6) is 0 Å². The van der Waals surface area contributed by atoms with Crippen molar-refractivity contribution in [3.05, 3.63) is 80.3 Å². The third-order valence-electron chi connectivity index (χ3n) is 7.81. The summed E-state index contributed by atoms with van der Waals surface area (Å²) in [6.07, 6.45) is 0.604. The summed E-state index contributed by atoms with van der Waals surface area (Å²) in [7, 11) is 0. The zero-order chi connectivity index (χ0) is 27.8. The molecule has 0 amide bonds. The fourth-order valence-corrected chi connectivity index (χ4v) is 5.70. The standard InChI is InChI=1S/C27H29N7O6/c35-26-20-4-1-2-5-21(20)27(36)25-24(26)28-34(39)32(25)9-3-8-29-10-12-30(13-11-29)19-6-7-22(33(37)38)23(18-19)31-14-16-40-17-15-31/h1-2,4-7,18H,3,8-17H2. The van der Waals surface area contributed by atoms with Crippen molar-refractivity contribution >= 4 is 28.6 Å². The molecular weight excluding hydrogens is 518 g/mol. The highest BCUT2D eigenvalue weighted by atomic mass is 16.6. The van der Waals surface area contributed by atoms with Crippen molar-refractivity contribution in [2.45, 2.75) is 13.0 Å². The van der Waals surface area contributed by atoms with Gasteiger partial charge < -0.3 is 19.7 Å². The van der Waals surface area contributed by atoms with Gasteiger partial charge in [-0.1, -0.05) is 24.3 Å². The van der Waals surface area contributed by atoms with Crippen molar-refractivity contribution in [3.63, 3.8) is 0 Å². The quantitative estimate of drug-likeness (QED) is 0.144. The molecule has 3 aromatic rings. The molecule has 2 aliphatic heterocycles. The molecule has 2 fully saturated rings. The number of nitro groups is 1. The fraction of sp³-hybridized carbons (Fsp3) is 0.407. The van der Waals surface area contributed by atoms with Gasteiger partial charge in [-0.25, -0.2) is 0 Å². The molecule has 40 heavy (non-hydrogen) atoms. The molecule has 3 aliphatic rings. The number of ether oxygens (including phenoxy) is 1. The summed E-state index contributed by atoms with van der Waals surface area (Å²) in [5.74, 6) is -0.770. The maximum atomic E-state index is 13.1. The lowest BCUT2D eigenvalue weighted by Gasteiger charge is -2.36. The molecule has 2 saturated heterocycles. The number of morpholine rings is 1. The Hall–Kier alpha value is -4.36. The first kappa shape index (κ1) is 25.9. The lowest BCUT2D eigenvalue weighted by atomic mass is 9.90. The van der Waals surface area contributed by atoms with Crippen LogP contribution in [0.2, 0.25) is 0 Å². The van der Waals surface area contributed by atoms with Gasteiger partial charge in [0, 0.05) is 78.8 Å². The van der Waals surface area contributed by atoms with Gasteiger partial charge in [0.05, 0.1) is 24.7 Å². The molecule has 208 valence electrons. The van der Waals surface area contributed by atoms with E-state index in [1.165, 1.54) is 4.68 Å². The van der Waals surface area contributed by atoms with Crippen LogP contribution >= 0.6 is 0 Å². The topological polar surface area (TPSA) is 141 Å². The molecule has 13 heteroatoms. The van der Waals surface area contributed by atoms with E-state index < -0.39 is 5.78 Å². The number of aromatic nitrogens is 3. The Morgan fingerprint density at radius 3 is 2.30 bits per heavy atom. The highest BCUT2D eigenvalue weighted by molar-refractivity contribution is 6.26. The van der Waals surface area contributed by atoms with E-state index in [0.29, 0.717) is 55.5 Å². The number of ketones is 2. The number of carbonyl (C=O) groups is 2. The normalized spacial score (nSPS) is 17.6. The van der Waals surface area contributed by atoms with Gasteiger partial charge in [0.1, 0.15) is 5.69 Å². The van der Waals surface area contributed by atoms with E-state index in [0.717, 1.165) is 31.9 Å². The number of hydrogen-bond donors (Lipinski definition) is 0. The predicted molar refractivity (Wildman–Crippen MR) is 144 cm³/mol. The third kappa shape index (κ3) is 4.67. The monoisotopic (exact) mass is 547 g/mol. The molecule has 0 spiro atoms. The molecule has 3 heterocycles. The van der Waals surface area contributed by atoms with Crippen molar-refractivity contribution in [1.29, 1.82) is 0 Å². The van der Waals surface area contributed by atoms with Crippen LogP contribution in [0.3, 0.4) is 0 Å². The Balaban J connectivity index is 1.08. The van der Waals surface area contributed by atoms with E-state index in [9.17, 15) is 24.9 Å². The second-order valence-electron chi connectivity index (χ2n) is 10.1. The van der Waals surface area contributed by atoms with Crippen LogP contribution in [-0.2, 0) is 11.3 Å². The van der Waals surface area contributed by atoms with Crippen LogP contribution in [0.15, 0.2) is 42.5 Å². The van der Waals surface area contributed by atoms with Crippen LogP contribution in [-0.4, -0.2) is 90.2 Å². The number of nitro benzene ring substituents is 1. The summed E-state index contributed by atoms with van der Waals surface area (Å²) in [6.45, 7) is 6.39. The highest BCUT2D eigenvalue weighted by Crippen LogP contribution is 2.33. The zero-order valence-electron chi connectivity index (χ0n) is 21.9. The second kappa shape index (κ2) is 10.7. The SMILES string of the molecule is O=C1c2ccccc2C(=O)c2c1n[n+]([O-])n2CCCN1CCN(c2ccc([N+](=O)[O-])c(N3CCOCC3)c2)CC1. The first-order valence-electron chi connectivity index (χ1n) is 13.4. The smallest absolute Gasteiger partial charge is 0.292 e. The summed E-state index contributed by atoms with van der Waals surface area (Å²) in [5, 5.41) is 28.0. The van der Waals surface area contributed by atoms with Crippen molar-refractivity contribution in [3.8, 4) is 0 Å². The van der Waals surface area contributed by atoms with Crippen molar-refractivity contribution < 1.29 is 24.2 Å². The molecule has 0 N–H and O–H groups in total. The molecule has 1 aromatic heterocycles. The summed E-state index contributed by atoms with van der Waals surface area (Å²) in [6, 6.07) is 11.9. The van der Waals surface area contributed by atoms with Gasteiger partial charge in [0.15, 0.2) is 5.69 Å². The Morgan fingerprint density at radius 2 is 1.60 bits per heavy atom. The molecule has 0 unspecified atom stereocenters. The Kier molecular flexibility index (Phi) is 6.90. The summed E-state index contributed by atoms with van der Waals surface area (Å²) >= 11 is 0. The molecule has 0 saturated carbocycles. The largest absolute Gasteiger partial charge is 0.571 e. The molecule has 13 nitrogen and oxygen atoms in total. The highest BCUT2D eigenvalue weighted by Gasteiger charge is 2.39. The van der Waals surface area contributed by atoms with E-state index in [2.05, 4.69) is 14.9 Å². The summed E-state index contributed by atoms with van der Waals surface area (Å²) in [4.78, 5) is 44.1. The van der Waals surface area contributed by atoms with Crippen molar-refractivity contribution in [1.82, 2.24) is 14.7 Å². The predicted octanol–water partition coefficient (Wildman–Crippen LogP) is 1.25. The molecule has 6 rings (SSSR count). The maximum absolute atomic E-state index is 13.1. The van der Waals surface area contributed by atoms with Gasteiger partial charge >= 0.3 is 0 Å². The van der Waals surface area contributed by atoms with Gasteiger partial charge in [0.25, 0.3) is 5.69 Å². The number of piperazine rings is 1. The first-order valence-corrected chi connectivity index (χ1v) is 13.4. The fourth-order valence-electron chi connectivity index (χ4n) is 5.70. The first-order chi connectivity index (χ1) is 19.4. The van der Waals surface area contributed by atoms with Gasteiger partial charge in [-0.15, -0.1) is 4.68 Å². The molecule has 1 aliphatic carbocycles. The Bertz CT molecular complexity index is 1470. The number of anilines is 2. The van der Waals surface area contributed by atoms with E-state index >= 15 is 0 Å². The molecule has 2 aromatic carbocycles. The second-order valence-corrected chi connectivity index (χ2v) is 10.1. The Morgan fingerprint density at radius 1 is 0.900 bits per heavy atom. The number of rotatable bonds is 7. The molecule has 0 radical (unpaired) electrons. The average Bonchev–Trinajstić information content (AvgIpc) is 3.32. The van der Waals surface area contributed by atoms with Gasteiger partial charge in [-0.05, 0) is 18.6 Å².